The normalized spacial score (nSPS) is 14.9. The number of aromatic nitrogens is 5. The molecule has 1 fully saturated rings. The first-order valence-electron chi connectivity index (χ1n) is 11.6. The summed E-state index contributed by atoms with van der Waals surface area (Å²) in [6.45, 7) is 1.29. The second-order valence-corrected chi connectivity index (χ2v) is 11.7. The quantitative estimate of drug-likeness (QED) is 0.359. The Labute approximate surface area is 206 Å². The largest absolute Gasteiger partial charge is 0.332 e. The predicted octanol–water partition coefficient (Wildman–Crippen LogP) is 2.22. The van der Waals surface area contributed by atoms with Crippen LogP contribution in [0.25, 0.3) is 10.9 Å². The minimum atomic E-state index is -3.83. The highest BCUT2D eigenvalue weighted by molar-refractivity contribution is 7.91. The molecule has 3 aromatic heterocycles. The molecule has 0 amide bonds. The number of fused-ring (bicyclic) bond motifs is 1. The van der Waals surface area contributed by atoms with E-state index in [4.69, 9.17) is 0 Å². The molecule has 188 valence electrons. The van der Waals surface area contributed by atoms with Gasteiger partial charge in [0.15, 0.2) is 9.84 Å². The van der Waals surface area contributed by atoms with Gasteiger partial charge in [-0.1, -0.05) is 6.07 Å². The van der Waals surface area contributed by atoms with E-state index in [-0.39, 0.29) is 29.1 Å². The van der Waals surface area contributed by atoms with Gasteiger partial charge in [-0.15, -0.1) is 0 Å². The highest BCUT2D eigenvalue weighted by atomic mass is 32.2. The molecule has 0 saturated heterocycles. The lowest BCUT2D eigenvalue weighted by atomic mass is 10.2. The first-order chi connectivity index (χ1) is 17.1. The van der Waals surface area contributed by atoms with Crippen LogP contribution in [0.2, 0.25) is 0 Å². The summed E-state index contributed by atoms with van der Waals surface area (Å²) < 4.78 is 43.7. The van der Waals surface area contributed by atoms with Crippen molar-refractivity contribution in [3.63, 3.8) is 0 Å². The van der Waals surface area contributed by atoms with Crippen LogP contribution in [0.4, 0.5) is 4.39 Å². The smallest absolute Gasteiger partial charge is 0.289 e. The lowest BCUT2D eigenvalue weighted by Gasteiger charge is -2.16. The third kappa shape index (κ3) is 4.50. The molecule has 1 aliphatic rings. The summed E-state index contributed by atoms with van der Waals surface area (Å²) >= 11 is 0. The number of hydrogen-bond donors (Lipinski definition) is 0. The molecule has 1 saturated carbocycles. The number of halogens is 1. The number of pyridine rings is 1. The van der Waals surface area contributed by atoms with Gasteiger partial charge in [0.1, 0.15) is 0 Å². The SMILES string of the molecule is Cc1ccc(Cn2c(=O)n(Cc3cnn(C)c3)c(=O)c3cc(S(=O)(=O)CC4(CF)CC4)ccc32)cn1. The monoisotopic (exact) mass is 511 g/mol. The molecule has 0 atom stereocenters. The third-order valence-corrected chi connectivity index (χ3v) is 8.67. The van der Waals surface area contributed by atoms with Gasteiger partial charge in [0.2, 0.25) is 0 Å². The van der Waals surface area contributed by atoms with Crippen molar-refractivity contribution in [2.24, 2.45) is 12.5 Å². The fourth-order valence-corrected chi connectivity index (χ4v) is 6.29. The molecule has 0 unspecified atom stereocenters. The molecule has 1 aliphatic carbocycles. The number of hydrogen-bond acceptors (Lipinski definition) is 6. The second-order valence-electron chi connectivity index (χ2n) is 9.66. The third-order valence-electron chi connectivity index (χ3n) is 6.70. The average molecular weight is 512 g/mol. The van der Waals surface area contributed by atoms with E-state index in [0.29, 0.717) is 23.9 Å². The molecule has 11 heteroatoms. The van der Waals surface area contributed by atoms with Crippen molar-refractivity contribution in [3.8, 4) is 0 Å². The molecular weight excluding hydrogens is 485 g/mol. The predicted molar refractivity (Wildman–Crippen MR) is 133 cm³/mol. The first kappa shape index (κ1) is 24.1. The Balaban J connectivity index is 1.67. The zero-order chi connectivity index (χ0) is 25.7. The van der Waals surface area contributed by atoms with Crippen LogP contribution in [-0.2, 0) is 30.0 Å². The maximum Gasteiger partial charge on any atom is 0.332 e. The summed E-state index contributed by atoms with van der Waals surface area (Å²) in [7, 11) is -2.10. The minimum absolute atomic E-state index is 0.0183. The van der Waals surface area contributed by atoms with Crippen LogP contribution in [0.5, 0.6) is 0 Å². The van der Waals surface area contributed by atoms with Crippen molar-refractivity contribution in [2.45, 2.75) is 37.8 Å². The molecule has 9 nitrogen and oxygen atoms in total. The van der Waals surface area contributed by atoms with E-state index < -0.39 is 33.2 Å². The van der Waals surface area contributed by atoms with Crippen LogP contribution in [0.3, 0.4) is 0 Å². The van der Waals surface area contributed by atoms with Gasteiger partial charge >= 0.3 is 5.69 Å². The van der Waals surface area contributed by atoms with E-state index >= 15 is 0 Å². The fraction of sp³-hybridized carbons (Fsp3) is 0.360. The zero-order valence-corrected chi connectivity index (χ0v) is 20.8. The summed E-state index contributed by atoms with van der Waals surface area (Å²) in [4.78, 5) is 31.3. The van der Waals surface area contributed by atoms with E-state index in [0.717, 1.165) is 15.8 Å². The Hall–Kier alpha value is -3.60. The standard InChI is InChI=1S/C25H26FN5O4S/c1-17-3-4-18(10-27-17)13-30-22-6-5-20(36(34,35)16-25(15-26)7-8-25)9-21(22)23(32)31(24(30)33)14-19-11-28-29(2)12-19/h3-6,9-12H,7-8,13-16H2,1-2H3. The summed E-state index contributed by atoms with van der Waals surface area (Å²) in [5.74, 6) is -0.305. The molecule has 0 spiro atoms. The average Bonchev–Trinajstić information content (AvgIpc) is 3.50. The molecule has 36 heavy (non-hydrogen) atoms. The molecular formula is C25H26FN5O4S. The molecule has 1 aromatic carbocycles. The molecule has 0 aliphatic heterocycles. The van der Waals surface area contributed by atoms with Gasteiger partial charge in [-0.25, -0.2) is 13.2 Å². The van der Waals surface area contributed by atoms with Gasteiger partial charge in [-0.05, 0) is 49.6 Å². The number of sulfone groups is 1. The van der Waals surface area contributed by atoms with Gasteiger partial charge < -0.3 is 0 Å². The van der Waals surface area contributed by atoms with Crippen LogP contribution < -0.4 is 11.2 Å². The Kier molecular flexibility index (Phi) is 5.90. The molecule has 0 N–H and O–H groups in total. The number of aryl methyl sites for hydroxylation is 2. The van der Waals surface area contributed by atoms with Crippen molar-refractivity contribution in [1.82, 2.24) is 23.9 Å². The molecule has 3 heterocycles. The summed E-state index contributed by atoms with van der Waals surface area (Å²) in [6.07, 6.45) is 5.99. The van der Waals surface area contributed by atoms with Gasteiger partial charge in [0.25, 0.3) is 5.56 Å². The Morgan fingerprint density at radius 1 is 1.03 bits per heavy atom. The first-order valence-corrected chi connectivity index (χ1v) is 13.2. The maximum absolute atomic E-state index is 13.5. The molecule has 0 radical (unpaired) electrons. The van der Waals surface area contributed by atoms with Gasteiger partial charge in [0, 0.05) is 36.1 Å². The Morgan fingerprint density at radius 2 is 1.78 bits per heavy atom. The highest BCUT2D eigenvalue weighted by Crippen LogP contribution is 2.47. The Morgan fingerprint density at radius 3 is 2.39 bits per heavy atom. The number of rotatable bonds is 8. The number of nitrogens with zero attached hydrogens (tertiary/aromatic N) is 5. The minimum Gasteiger partial charge on any atom is -0.289 e. The highest BCUT2D eigenvalue weighted by Gasteiger charge is 2.46. The summed E-state index contributed by atoms with van der Waals surface area (Å²) in [6, 6.07) is 7.86. The summed E-state index contributed by atoms with van der Waals surface area (Å²) in [5.41, 5.74) is 0.606. The van der Waals surface area contributed by atoms with E-state index in [1.54, 1.807) is 30.3 Å². The van der Waals surface area contributed by atoms with E-state index in [1.165, 1.54) is 22.8 Å². The van der Waals surface area contributed by atoms with Crippen molar-refractivity contribution in [2.75, 3.05) is 12.4 Å². The fourth-order valence-electron chi connectivity index (χ4n) is 4.38. The maximum atomic E-state index is 13.5. The van der Waals surface area contributed by atoms with Gasteiger partial charge in [0.05, 0.1) is 47.5 Å². The van der Waals surface area contributed by atoms with Crippen LogP contribution in [0.1, 0.15) is 29.7 Å². The van der Waals surface area contributed by atoms with Crippen LogP contribution in [0.15, 0.2) is 63.4 Å². The molecule has 5 rings (SSSR count). The Bertz CT molecular complexity index is 1680. The van der Waals surface area contributed by atoms with Crippen molar-refractivity contribution >= 4 is 20.7 Å². The van der Waals surface area contributed by atoms with E-state index in [1.807, 2.05) is 19.1 Å². The van der Waals surface area contributed by atoms with Crippen LogP contribution in [0, 0.1) is 12.3 Å². The van der Waals surface area contributed by atoms with Crippen molar-refractivity contribution in [3.05, 3.63) is 86.6 Å². The van der Waals surface area contributed by atoms with Crippen LogP contribution >= 0.6 is 0 Å². The lowest BCUT2D eigenvalue weighted by molar-refractivity contribution is 0.367. The van der Waals surface area contributed by atoms with Gasteiger partial charge in [-0.3, -0.25) is 28.0 Å². The van der Waals surface area contributed by atoms with E-state index in [9.17, 15) is 22.4 Å². The van der Waals surface area contributed by atoms with E-state index in [2.05, 4.69) is 10.1 Å². The second kappa shape index (κ2) is 8.81. The number of benzene rings is 1. The zero-order valence-electron chi connectivity index (χ0n) is 20.0. The lowest BCUT2D eigenvalue weighted by Crippen LogP contribution is -2.40. The van der Waals surface area contributed by atoms with Crippen molar-refractivity contribution < 1.29 is 12.8 Å². The van der Waals surface area contributed by atoms with Crippen LogP contribution in [-0.4, -0.2) is 44.7 Å². The number of alkyl halides is 1. The summed E-state index contributed by atoms with van der Waals surface area (Å²) in [5, 5.41) is 4.20. The topological polar surface area (TPSA) is 109 Å². The van der Waals surface area contributed by atoms with Gasteiger partial charge in [-0.2, -0.15) is 5.10 Å². The molecule has 0 bridgehead atoms. The van der Waals surface area contributed by atoms with Crippen molar-refractivity contribution in [1.29, 1.82) is 0 Å². The molecule has 4 aromatic rings.